The van der Waals surface area contributed by atoms with E-state index in [2.05, 4.69) is 76.6 Å². The molecule has 24 heavy (non-hydrogen) atoms. The summed E-state index contributed by atoms with van der Waals surface area (Å²) in [6.45, 7) is 20.6. The van der Waals surface area contributed by atoms with Gasteiger partial charge in [0, 0.05) is 25.2 Å². The molecule has 132 valence electrons. The Bertz CT molecular complexity index is 585. The third kappa shape index (κ3) is 5.40. The molecule has 1 aliphatic rings. The largest absolute Gasteiger partial charge is 0.381 e. The summed E-state index contributed by atoms with van der Waals surface area (Å²) in [5.41, 5.74) is 6.73. The van der Waals surface area contributed by atoms with Crippen LogP contribution in [0.2, 0.25) is 0 Å². The van der Waals surface area contributed by atoms with Crippen LogP contribution in [0.25, 0.3) is 0 Å². The Labute approximate surface area is 149 Å². The fourth-order valence-electron chi connectivity index (χ4n) is 2.77. The van der Waals surface area contributed by atoms with Gasteiger partial charge in [-0.2, -0.15) is 0 Å². The van der Waals surface area contributed by atoms with Crippen LogP contribution < -0.4 is 0 Å². The van der Waals surface area contributed by atoms with Crippen molar-refractivity contribution in [3.63, 3.8) is 0 Å². The molecule has 1 fully saturated rings. The number of hydrogen-bond acceptors (Lipinski definition) is 1. The number of rotatable bonds is 6. The topological polar surface area (TPSA) is 3.24 Å². The first-order valence-electron chi connectivity index (χ1n) is 8.83. The Morgan fingerprint density at radius 1 is 1.08 bits per heavy atom. The van der Waals surface area contributed by atoms with Crippen LogP contribution in [0, 0.1) is 18.3 Å². The molecule has 1 unspecified atom stereocenters. The lowest BCUT2D eigenvalue weighted by Gasteiger charge is -2.25. The number of allylic oxidation sites excluding steroid dienone is 2. The first-order valence-corrected chi connectivity index (χ1v) is 8.83. The molecule has 2 rings (SSSR count). The van der Waals surface area contributed by atoms with Gasteiger partial charge in [0.25, 0.3) is 0 Å². The highest BCUT2D eigenvalue weighted by Gasteiger charge is 2.46. The maximum Gasteiger partial charge on any atom is 0.0300 e. The van der Waals surface area contributed by atoms with E-state index in [1.807, 2.05) is 14.1 Å². The number of hydrogen-bond donors (Lipinski definition) is 0. The molecule has 1 aromatic rings. The summed E-state index contributed by atoms with van der Waals surface area (Å²) >= 11 is 0. The number of nitrogens with zero attached hydrogens (tertiary/aromatic N) is 1. The molecule has 0 heterocycles. The fourth-order valence-corrected chi connectivity index (χ4v) is 2.77. The first-order chi connectivity index (χ1) is 11.1. The van der Waals surface area contributed by atoms with Crippen LogP contribution in [0.4, 0.5) is 0 Å². The van der Waals surface area contributed by atoms with E-state index >= 15 is 0 Å². The lowest BCUT2D eigenvalue weighted by atomic mass is 9.95. The average Bonchev–Trinajstić information content (AvgIpc) is 3.31. The van der Waals surface area contributed by atoms with Crippen LogP contribution in [0.3, 0.4) is 0 Å². The monoisotopic (exact) mass is 325 g/mol. The minimum Gasteiger partial charge on any atom is -0.381 e. The van der Waals surface area contributed by atoms with Crippen LogP contribution in [-0.2, 0) is 6.42 Å². The van der Waals surface area contributed by atoms with Gasteiger partial charge in [0.05, 0.1) is 0 Å². The SMILES string of the molecule is C=C(C)C(C)Cc1ccc(C)cc1.C=C(C)C1(C(=C)N(C)C)CC1. The van der Waals surface area contributed by atoms with Crippen molar-refractivity contribution in [2.24, 2.45) is 11.3 Å². The zero-order valence-electron chi connectivity index (χ0n) is 16.6. The Morgan fingerprint density at radius 3 is 1.88 bits per heavy atom. The molecule has 1 nitrogen and oxygen atoms in total. The molecule has 1 saturated carbocycles. The summed E-state index contributed by atoms with van der Waals surface area (Å²) in [5.74, 6) is 0.586. The van der Waals surface area contributed by atoms with Gasteiger partial charge in [-0.1, -0.05) is 67.6 Å². The summed E-state index contributed by atoms with van der Waals surface area (Å²) in [6.07, 6.45) is 3.58. The van der Waals surface area contributed by atoms with Gasteiger partial charge in [0.15, 0.2) is 0 Å². The van der Waals surface area contributed by atoms with Crippen LogP contribution in [-0.4, -0.2) is 19.0 Å². The molecular weight excluding hydrogens is 290 g/mol. The van der Waals surface area contributed by atoms with E-state index in [1.165, 1.54) is 40.8 Å². The van der Waals surface area contributed by atoms with Gasteiger partial charge >= 0.3 is 0 Å². The van der Waals surface area contributed by atoms with Crippen LogP contribution >= 0.6 is 0 Å². The van der Waals surface area contributed by atoms with Gasteiger partial charge in [-0.15, -0.1) is 0 Å². The van der Waals surface area contributed by atoms with Gasteiger partial charge in [-0.05, 0) is 51.5 Å². The Balaban J connectivity index is 0.000000243. The predicted molar refractivity (Wildman–Crippen MR) is 108 cm³/mol. The zero-order chi connectivity index (χ0) is 18.5. The molecule has 0 aromatic heterocycles. The van der Waals surface area contributed by atoms with Crippen LogP contribution in [0.5, 0.6) is 0 Å². The third-order valence-electron chi connectivity index (χ3n) is 5.16. The molecular formula is C23H35N. The highest BCUT2D eigenvalue weighted by Crippen LogP contribution is 2.56. The lowest BCUT2D eigenvalue weighted by Crippen LogP contribution is -2.19. The minimum atomic E-state index is 0.267. The predicted octanol–water partition coefficient (Wildman–Crippen LogP) is 6.17. The van der Waals surface area contributed by atoms with Crippen molar-refractivity contribution >= 4 is 0 Å². The van der Waals surface area contributed by atoms with Crippen molar-refractivity contribution in [2.45, 2.75) is 47.0 Å². The second-order valence-electron chi connectivity index (χ2n) is 7.64. The summed E-state index contributed by atoms with van der Waals surface area (Å²) in [4.78, 5) is 2.10. The third-order valence-corrected chi connectivity index (χ3v) is 5.16. The van der Waals surface area contributed by atoms with Gasteiger partial charge < -0.3 is 4.90 Å². The maximum atomic E-state index is 4.07. The fraction of sp³-hybridized carbons (Fsp3) is 0.478. The molecule has 0 spiro atoms. The van der Waals surface area contributed by atoms with E-state index in [4.69, 9.17) is 0 Å². The van der Waals surface area contributed by atoms with E-state index in [1.54, 1.807) is 0 Å². The van der Waals surface area contributed by atoms with Crippen LogP contribution in [0.15, 0.2) is 60.8 Å². The summed E-state index contributed by atoms with van der Waals surface area (Å²) in [7, 11) is 4.09. The molecule has 1 heteroatoms. The molecule has 1 aliphatic carbocycles. The van der Waals surface area contributed by atoms with Crippen molar-refractivity contribution in [3.8, 4) is 0 Å². The van der Waals surface area contributed by atoms with E-state index in [-0.39, 0.29) is 5.41 Å². The van der Waals surface area contributed by atoms with E-state index in [0.717, 1.165) is 6.42 Å². The molecule has 0 amide bonds. The number of aryl methyl sites for hydroxylation is 1. The van der Waals surface area contributed by atoms with Crippen molar-refractivity contribution in [2.75, 3.05) is 14.1 Å². The van der Waals surface area contributed by atoms with Gasteiger partial charge in [0.1, 0.15) is 0 Å². The van der Waals surface area contributed by atoms with Crippen molar-refractivity contribution in [1.29, 1.82) is 0 Å². The molecule has 0 radical (unpaired) electrons. The standard InChI is InChI=1S/C13H18.C10H17N/c1-10(2)12(4)9-13-7-5-11(3)6-8-13;1-8(2)10(6-7-10)9(3)11(4)5/h5-8,12H,1,9H2,2-4H3;1,3,6-7H2,2,4-5H3. The highest BCUT2D eigenvalue weighted by atomic mass is 15.1. The normalized spacial score (nSPS) is 15.6. The second-order valence-corrected chi connectivity index (χ2v) is 7.64. The van der Waals surface area contributed by atoms with Crippen molar-refractivity contribution < 1.29 is 0 Å². The van der Waals surface area contributed by atoms with E-state index < -0.39 is 0 Å². The molecule has 1 aromatic carbocycles. The summed E-state index contributed by atoms with van der Waals surface area (Å²) in [6, 6.07) is 8.74. The molecule has 0 aliphatic heterocycles. The van der Waals surface area contributed by atoms with Gasteiger partial charge in [0.2, 0.25) is 0 Å². The van der Waals surface area contributed by atoms with Gasteiger partial charge in [-0.3, -0.25) is 0 Å². The quantitative estimate of drug-likeness (QED) is 0.565. The Hall–Kier alpha value is -1.76. The molecule has 1 atom stereocenters. The Morgan fingerprint density at radius 2 is 1.58 bits per heavy atom. The van der Waals surface area contributed by atoms with Crippen LogP contribution in [0.1, 0.15) is 44.7 Å². The van der Waals surface area contributed by atoms with Crippen molar-refractivity contribution in [1.82, 2.24) is 4.90 Å². The first kappa shape index (κ1) is 20.3. The van der Waals surface area contributed by atoms with E-state index in [0.29, 0.717) is 5.92 Å². The summed E-state index contributed by atoms with van der Waals surface area (Å²) < 4.78 is 0. The molecule has 0 bridgehead atoms. The maximum absolute atomic E-state index is 4.07. The van der Waals surface area contributed by atoms with Crippen molar-refractivity contribution in [3.05, 3.63) is 72.0 Å². The highest BCUT2D eigenvalue weighted by molar-refractivity contribution is 5.31. The summed E-state index contributed by atoms with van der Waals surface area (Å²) in [5, 5.41) is 0. The average molecular weight is 326 g/mol. The van der Waals surface area contributed by atoms with E-state index in [9.17, 15) is 0 Å². The lowest BCUT2D eigenvalue weighted by molar-refractivity contribution is 0.436. The molecule has 0 N–H and O–H groups in total. The molecule has 0 saturated heterocycles. The minimum absolute atomic E-state index is 0.267. The second kappa shape index (κ2) is 8.37. The Kier molecular flexibility index (Phi) is 7.08. The van der Waals surface area contributed by atoms with Gasteiger partial charge in [-0.25, -0.2) is 0 Å². The smallest absolute Gasteiger partial charge is 0.0300 e. The number of benzene rings is 1. The zero-order valence-corrected chi connectivity index (χ0v) is 16.6.